The first-order valence-electron chi connectivity index (χ1n) is 4.78. The summed E-state index contributed by atoms with van der Waals surface area (Å²) < 4.78 is 0. The quantitative estimate of drug-likeness (QED) is 0.634. The monoisotopic (exact) mass is 156 g/mol. The molecular formula is C9H20N2. The van der Waals surface area contributed by atoms with Crippen molar-refractivity contribution in [2.45, 2.75) is 32.7 Å². The molecule has 1 heterocycles. The molecule has 1 rings (SSSR count). The van der Waals surface area contributed by atoms with E-state index in [1.165, 1.54) is 25.9 Å². The summed E-state index contributed by atoms with van der Waals surface area (Å²) in [6, 6.07) is 0.699. The minimum atomic E-state index is 0.699. The van der Waals surface area contributed by atoms with Gasteiger partial charge in [0.05, 0.1) is 0 Å². The lowest BCUT2D eigenvalue weighted by atomic mass is 10.0. The molecule has 2 heteroatoms. The molecule has 0 aromatic heterocycles. The summed E-state index contributed by atoms with van der Waals surface area (Å²) in [5.41, 5.74) is 0. The van der Waals surface area contributed by atoms with Crippen molar-refractivity contribution in [1.82, 2.24) is 10.6 Å². The highest BCUT2D eigenvalue weighted by Crippen LogP contribution is 2.11. The largest absolute Gasteiger partial charge is 0.316 e. The van der Waals surface area contributed by atoms with Crippen LogP contribution in [0.2, 0.25) is 0 Å². The van der Waals surface area contributed by atoms with Gasteiger partial charge in [0.15, 0.2) is 0 Å². The van der Waals surface area contributed by atoms with Crippen molar-refractivity contribution in [1.29, 1.82) is 0 Å². The number of hydrogen-bond acceptors (Lipinski definition) is 2. The molecular weight excluding hydrogens is 136 g/mol. The summed E-state index contributed by atoms with van der Waals surface area (Å²) in [5.74, 6) is 0.863. The van der Waals surface area contributed by atoms with Gasteiger partial charge < -0.3 is 10.6 Å². The lowest BCUT2D eigenvalue weighted by molar-refractivity contribution is 0.400. The Kier molecular flexibility index (Phi) is 3.87. The summed E-state index contributed by atoms with van der Waals surface area (Å²) in [4.78, 5) is 0. The van der Waals surface area contributed by atoms with Crippen LogP contribution in [0.3, 0.4) is 0 Å². The molecule has 0 unspecified atom stereocenters. The molecule has 66 valence electrons. The zero-order valence-corrected chi connectivity index (χ0v) is 7.69. The average molecular weight is 156 g/mol. The Morgan fingerprint density at radius 2 is 2.45 bits per heavy atom. The molecule has 11 heavy (non-hydrogen) atoms. The molecule has 0 aromatic rings. The molecule has 2 N–H and O–H groups in total. The van der Waals surface area contributed by atoms with E-state index in [0.717, 1.165) is 12.5 Å². The van der Waals surface area contributed by atoms with E-state index in [9.17, 15) is 0 Å². The van der Waals surface area contributed by atoms with Crippen molar-refractivity contribution in [2.75, 3.05) is 19.6 Å². The van der Waals surface area contributed by atoms with Gasteiger partial charge in [0.1, 0.15) is 0 Å². The third-order valence-corrected chi connectivity index (χ3v) is 2.52. The first kappa shape index (κ1) is 9.01. The molecule has 1 aliphatic heterocycles. The fourth-order valence-electron chi connectivity index (χ4n) is 1.64. The number of rotatable bonds is 4. The van der Waals surface area contributed by atoms with E-state index in [4.69, 9.17) is 0 Å². The third-order valence-electron chi connectivity index (χ3n) is 2.52. The molecule has 0 aromatic carbocycles. The van der Waals surface area contributed by atoms with Gasteiger partial charge in [-0.2, -0.15) is 0 Å². The van der Waals surface area contributed by atoms with Crippen molar-refractivity contribution in [3.63, 3.8) is 0 Å². The van der Waals surface area contributed by atoms with E-state index in [-0.39, 0.29) is 0 Å². The van der Waals surface area contributed by atoms with E-state index in [0.29, 0.717) is 6.04 Å². The van der Waals surface area contributed by atoms with Gasteiger partial charge in [-0.25, -0.2) is 0 Å². The maximum Gasteiger partial charge on any atom is 0.00795 e. The first-order valence-corrected chi connectivity index (χ1v) is 4.78. The molecule has 0 aliphatic carbocycles. The van der Waals surface area contributed by atoms with Crippen molar-refractivity contribution >= 4 is 0 Å². The second-order valence-electron chi connectivity index (χ2n) is 3.50. The fraction of sp³-hybridized carbons (Fsp3) is 1.00. The second kappa shape index (κ2) is 4.73. The summed E-state index contributed by atoms with van der Waals surface area (Å²) in [6.07, 6.45) is 2.59. The molecule has 1 fully saturated rings. The maximum absolute atomic E-state index is 3.53. The second-order valence-corrected chi connectivity index (χ2v) is 3.50. The van der Waals surface area contributed by atoms with E-state index in [1.54, 1.807) is 0 Å². The predicted octanol–water partition coefficient (Wildman–Crippen LogP) is 0.984. The van der Waals surface area contributed by atoms with E-state index in [2.05, 4.69) is 24.5 Å². The van der Waals surface area contributed by atoms with Crippen molar-refractivity contribution in [3.05, 3.63) is 0 Å². The van der Waals surface area contributed by atoms with E-state index >= 15 is 0 Å². The molecule has 0 radical (unpaired) electrons. The van der Waals surface area contributed by atoms with Gasteiger partial charge in [0.2, 0.25) is 0 Å². The standard InChI is InChI=1S/C9H20N2/c1-3-5-11-8(2)9-4-6-10-7-9/h8-11H,3-7H2,1-2H3/t8-,9+/m1/s1. The lowest BCUT2D eigenvalue weighted by Gasteiger charge is -2.19. The highest BCUT2D eigenvalue weighted by Gasteiger charge is 2.19. The van der Waals surface area contributed by atoms with Gasteiger partial charge >= 0.3 is 0 Å². The smallest absolute Gasteiger partial charge is 0.00795 e. The van der Waals surface area contributed by atoms with Crippen LogP contribution >= 0.6 is 0 Å². The Morgan fingerprint density at radius 1 is 1.64 bits per heavy atom. The zero-order chi connectivity index (χ0) is 8.10. The van der Waals surface area contributed by atoms with Gasteiger partial charge in [0, 0.05) is 6.04 Å². The van der Waals surface area contributed by atoms with Crippen molar-refractivity contribution in [3.8, 4) is 0 Å². The van der Waals surface area contributed by atoms with Crippen LogP contribution in [0.5, 0.6) is 0 Å². The minimum Gasteiger partial charge on any atom is -0.316 e. The highest BCUT2D eigenvalue weighted by atomic mass is 15.0. The van der Waals surface area contributed by atoms with Gasteiger partial charge in [0.25, 0.3) is 0 Å². The Hall–Kier alpha value is -0.0800. The van der Waals surface area contributed by atoms with E-state index in [1.807, 2.05) is 0 Å². The molecule has 1 saturated heterocycles. The molecule has 1 aliphatic rings. The van der Waals surface area contributed by atoms with E-state index < -0.39 is 0 Å². The SMILES string of the molecule is CCCN[C@H](C)[C@H]1CCNC1. The van der Waals surface area contributed by atoms with Crippen molar-refractivity contribution < 1.29 is 0 Å². The Morgan fingerprint density at radius 3 is 3.00 bits per heavy atom. The third kappa shape index (κ3) is 2.80. The number of hydrogen-bond donors (Lipinski definition) is 2. The summed E-state index contributed by atoms with van der Waals surface area (Å²) in [6.45, 7) is 8.10. The predicted molar refractivity (Wildman–Crippen MR) is 48.7 cm³/mol. The lowest BCUT2D eigenvalue weighted by Crippen LogP contribution is -2.35. The van der Waals surface area contributed by atoms with Crippen LogP contribution in [0.4, 0.5) is 0 Å². The van der Waals surface area contributed by atoms with Crippen LogP contribution in [-0.4, -0.2) is 25.7 Å². The molecule has 2 nitrogen and oxygen atoms in total. The molecule has 0 bridgehead atoms. The van der Waals surface area contributed by atoms with Crippen LogP contribution in [0.25, 0.3) is 0 Å². The summed E-state index contributed by atoms with van der Waals surface area (Å²) >= 11 is 0. The Balaban J connectivity index is 2.12. The van der Waals surface area contributed by atoms with Crippen LogP contribution in [-0.2, 0) is 0 Å². The number of nitrogens with one attached hydrogen (secondary N) is 2. The van der Waals surface area contributed by atoms with Crippen LogP contribution in [0.15, 0.2) is 0 Å². The Labute approximate surface area is 69.8 Å². The van der Waals surface area contributed by atoms with Gasteiger partial charge in [-0.3, -0.25) is 0 Å². The summed E-state index contributed by atoms with van der Waals surface area (Å²) in [7, 11) is 0. The van der Waals surface area contributed by atoms with Crippen molar-refractivity contribution in [2.24, 2.45) is 5.92 Å². The fourth-order valence-corrected chi connectivity index (χ4v) is 1.64. The summed E-state index contributed by atoms with van der Waals surface area (Å²) in [5, 5.41) is 6.92. The minimum absolute atomic E-state index is 0.699. The van der Waals surface area contributed by atoms with Gasteiger partial charge in [-0.15, -0.1) is 0 Å². The highest BCUT2D eigenvalue weighted by molar-refractivity contribution is 4.79. The topological polar surface area (TPSA) is 24.1 Å². The molecule has 0 spiro atoms. The molecule has 2 atom stereocenters. The van der Waals surface area contributed by atoms with Gasteiger partial charge in [-0.05, 0) is 45.3 Å². The Bertz CT molecular complexity index is 97.7. The zero-order valence-electron chi connectivity index (χ0n) is 7.69. The first-order chi connectivity index (χ1) is 5.34. The van der Waals surface area contributed by atoms with Gasteiger partial charge in [-0.1, -0.05) is 6.92 Å². The maximum atomic E-state index is 3.53. The normalized spacial score (nSPS) is 27.3. The molecule has 0 saturated carbocycles. The molecule has 0 amide bonds. The van der Waals surface area contributed by atoms with Crippen LogP contribution in [0, 0.1) is 5.92 Å². The van der Waals surface area contributed by atoms with Crippen LogP contribution < -0.4 is 10.6 Å². The van der Waals surface area contributed by atoms with Crippen LogP contribution in [0.1, 0.15) is 26.7 Å². The average Bonchev–Trinajstić information content (AvgIpc) is 2.52.